The van der Waals surface area contributed by atoms with Crippen molar-refractivity contribution in [3.8, 4) is 5.75 Å². The van der Waals surface area contributed by atoms with E-state index in [0.717, 1.165) is 31.0 Å². The molecule has 1 atom stereocenters. The van der Waals surface area contributed by atoms with Gasteiger partial charge in [-0.3, -0.25) is 4.68 Å². The largest absolute Gasteiger partial charge is 0.494 e. The van der Waals surface area contributed by atoms with Crippen molar-refractivity contribution < 1.29 is 4.74 Å². The Morgan fingerprint density at radius 1 is 1.40 bits per heavy atom. The summed E-state index contributed by atoms with van der Waals surface area (Å²) < 4.78 is 7.59. The molecule has 1 aromatic carbocycles. The first-order chi connectivity index (χ1) is 9.69. The Hall–Kier alpha value is -1.88. The molecular weight excluding hydrogens is 252 g/mol. The second kappa shape index (κ2) is 7.05. The van der Waals surface area contributed by atoms with Crippen LogP contribution < -0.4 is 10.5 Å². The summed E-state index contributed by atoms with van der Waals surface area (Å²) in [5.74, 6) is 1.84. The van der Waals surface area contributed by atoms with Gasteiger partial charge in [0.1, 0.15) is 17.9 Å². The molecule has 108 valence electrons. The van der Waals surface area contributed by atoms with Gasteiger partial charge in [0, 0.05) is 19.0 Å². The molecule has 20 heavy (non-hydrogen) atoms. The van der Waals surface area contributed by atoms with Gasteiger partial charge >= 0.3 is 0 Å². The van der Waals surface area contributed by atoms with Crippen molar-refractivity contribution in [3.63, 3.8) is 0 Å². The van der Waals surface area contributed by atoms with E-state index in [-0.39, 0.29) is 6.04 Å². The lowest BCUT2D eigenvalue weighted by Gasteiger charge is -2.12. The van der Waals surface area contributed by atoms with E-state index in [9.17, 15) is 0 Å². The first-order valence-corrected chi connectivity index (χ1v) is 7.00. The summed E-state index contributed by atoms with van der Waals surface area (Å²) in [5, 5.41) is 4.14. The molecule has 0 fully saturated rings. The third kappa shape index (κ3) is 4.06. The summed E-state index contributed by atoms with van der Waals surface area (Å²) in [4.78, 5) is 4.24. The number of nitrogens with two attached hydrogens (primary N) is 1. The van der Waals surface area contributed by atoms with E-state index in [0.29, 0.717) is 6.61 Å². The predicted octanol–water partition coefficient (Wildman–Crippen LogP) is 1.95. The molecule has 0 aliphatic rings. The number of rotatable bonds is 7. The first kappa shape index (κ1) is 14.5. The van der Waals surface area contributed by atoms with Crippen molar-refractivity contribution in [1.29, 1.82) is 0 Å². The Bertz CT molecular complexity index is 538. The van der Waals surface area contributed by atoms with Crippen molar-refractivity contribution in [1.82, 2.24) is 14.8 Å². The molecule has 1 aromatic heterocycles. The van der Waals surface area contributed by atoms with E-state index >= 15 is 0 Å². The van der Waals surface area contributed by atoms with E-state index in [2.05, 4.69) is 23.1 Å². The summed E-state index contributed by atoms with van der Waals surface area (Å²) in [5.41, 5.74) is 7.32. The van der Waals surface area contributed by atoms with Gasteiger partial charge in [-0.2, -0.15) is 5.10 Å². The van der Waals surface area contributed by atoms with Gasteiger partial charge in [-0.05, 0) is 38.0 Å². The lowest BCUT2D eigenvalue weighted by atomic mass is 10.1. The van der Waals surface area contributed by atoms with Crippen LogP contribution in [-0.4, -0.2) is 27.4 Å². The average Bonchev–Trinajstić information content (AvgIpc) is 2.86. The zero-order chi connectivity index (χ0) is 14.4. The predicted molar refractivity (Wildman–Crippen MR) is 78.7 cm³/mol. The zero-order valence-corrected chi connectivity index (χ0v) is 12.1. The molecule has 1 unspecified atom stereocenters. The Labute approximate surface area is 119 Å². The number of aromatic nitrogens is 3. The molecule has 0 aliphatic heterocycles. The highest BCUT2D eigenvalue weighted by molar-refractivity contribution is 5.27. The second-order valence-corrected chi connectivity index (χ2v) is 4.91. The Morgan fingerprint density at radius 3 is 3.00 bits per heavy atom. The van der Waals surface area contributed by atoms with Crippen LogP contribution in [0.3, 0.4) is 0 Å². The van der Waals surface area contributed by atoms with Crippen molar-refractivity contribution >= 4 is 0 Å². The van der Waals surface area contributed by atoms with Crippen LogP contribution in [0.25, 0.3) is 0 Å². The first-order valence-electron chi connectivity index (χ1n) is 7.00. The summed E-state index contributed by atoms with van der Waals surface area (Å²) >= 11 is 0. The van der Waals surface area contributed by atoms with Crippen LogP contribution in [0.5, 0.6) is 5.75 Å². The zero-order valence-electron chi connectivity index (χ0n) is 12.1. The maximum absolute atomic E-state index is 6.12. The van der Waals surface area contributed by atoms with Gasteiger partial charge in [0.25, 0.3) is 0 Å². The minimum atomic E-state index is 0.0364. The van der Waals surface area contributed by atoms with E-state index in [4.69, 9.17) is 10.5 Å². The van der Waals surface area contributed by atoms with Gasteiger partial charge in [-0.25, -0.2) is 4.98 Å². The van der Waals surface area contributed by atoms with Crippen LogP contribution in [0.4, 0.5) is 0 Å². The Kier molecular flexibility index (Phi) is 5.12. The highest BCUT2D eigenvalue weighted by Crippen LogP contribution is 2.13. The molecule has 1 heterocycles. The molecule has 0 saturated heterocycles. The van der Waals surface area contributed by atoms with Crippen LogP contribution in [-0.2, 0) is 13.0 Å². The van der Waals surface area contributed by atoms with Crippen molar-refractivity contribution in [3.05, 3.63) is 42.0 Å². The summed E-state index contributed by atoms with van der Waals surface area (Å²) in [6.45, 7) is 5.54. The lowest BCUT2D eigenvalue weighted by molar-refractivity contribution is 0.296. The molecule has 0 amide bonds. The minimum Gasteiger partial charge on any atom is -0.494 e. The third-order valence-electron chi connectivity index (χ3n) is 3.19. The highest BCUT2D eigenvalue weighted by Gasteiger charge is 2.09. The molecule has 0 aliphatic carbocycles. The van der Waals surface area contributed by atoms with Gasteiger partial charge in [0.15, 0.2) is 0 Å². The standard InChI is InChI=1S/C15H22N4O/c1-3-19-15(17-11-18-19)10-13(16)7-8-20-14-6-4-5-12(2)9-14/h4-6,9,11,13H,3,7-8,10,16H2,1-2H3. The minimum absolute atomic E-state index is 0.0364. The second-order valence-electron chi connectivity index (χ2n) is 4.91. The van der Waals surface area contributed by atoms with Crippen LogP contribution in [0.1, 0.15) is 24.7 Å². The van der Waals surface area contributed by atoms with Crippen molar-refractivity contribution in [2.75, 3.05) is 6.61 Å². The number of hydrogen-bond acceptors (Lipinski definition) is 4. The molecule has 5 heteroatoms. The smallest absolute Gasteiger partial charge is 0.138 e. The molecule has 0 bridgehead atoms. The van der Waals surface area contributed by atoms with Crippen molar-refractivity contribution in [2.24, 2.45) is 5.73 Å². The van der Waals surface area contributed by atoms with Gasteiger partial charge in [-0.1, -0.05) is 12.1 Å². The average molecular weight is 274 g/mol. The third-order valence-corrected chi connectivity index (χ3v) is 3.19. The SMILES string of the molecule is CCn1ncnc1CC(N)CCOc1cccc(C)c1. The molecule has 2 N–H and O–H groups in total. The van der Waals surface area contributed by atoms with Crippen LogP contribution in [0.15, 0.2) is 30.6 Å². The monoisotopic (exact) mass is 274 g/mol. The van der Waals surface area contributed by atoms with Gasteiger partial charge in [-0.15, -0.1) is 0 Å². The van der Waals surface area contributed by atoms with E-state index in [1.54, 1.807) is 6.33 Å². The summed E-state index contributed by atoms with van der Waals surface area (Å²) in [7, 11) is 0. The number of aryl methyl sites for hydroxylation is 2. The van der Waals surface area contributed by atoms with Gasteiger partial charge in [0.2, 0.25) is 0 Å². The number of nitrogens with zero attached hydrogens (tertiary/aromatic N) is 3. The molecule has 2 rings (SSSR count). The fraction of sp³-hybridized carbons (Fsp3) is 0.467. The quantitative estimate of drug-likeness (QED) is 0.838. The number of ether oxygens (including phenoxy) is 1. The molecule has 0 saturated carbocycles. The molecule has 0 radical (unpaired) electrons. The van der Waals surface area contributed by atoms with E-state index < -0.39 is 0 Å². The van der Waals surface area contributed by atoms with Crippen LogP contribution in [0.2, 0.25) is 0 Å². The normalized spacial score (nSPS) is 12.3. The fourth-order valence-corrected chi connectivity index (χ4v) is 2.08. The Balaban J connectivity index is 1.76. The van der Waals surface area contributed by atoms with Gasteiger partial charge < -0.3 is 10.5 Å². The molecule has 2 aromatic rings. The Morgan fingerprint density at radius 2 is 2.25 bits per heavy atom. The topological polar surface area (TPSA) is 66.0 Å². The maximum Gasteiger partial charge on any atom is 0.138 e. The molecule has 0 spiro atoms. The fourth-order valence-electron chi connectivity index (χ4n) is 2.08. The van der Waals surface area contributed by atoms with Crippen LogP contribution in [0, 0.1) is 6.92 Å². The van der Waals surface area contributed by atoms with E-state index in [1.165, 1.54) is 5.56 Å². The number of benzene rings is 1. The highest BCUT2D eigenvalue weighted by atomic mass is 16.5. The van der Waals surface area contributed by atoms with Crippen LogP contribution >= 0.6 is 0 Å². The summed E-state index contributed by atoms with van der Waals surface area (Å²) in [6, 6.07) is 8.07. The summed E-state index contributed by atoms with van der Waals surface area (Å²) in [6.07, 6.45) is 3.10. The molecular formula is C15H22N4O. The van der Waals surface area contributed by atoms with Crippen molar-refractivity contribution in [2.45, 2.75) is 39.3 Å². The van der Waals surface area contributed by atoms with E-state index in [1.807, 2.05) is 29.8 Å². The maximum atomic E-state index is 6.12. The van der Waals surface area contributed by atoms with Gasteiger partial charge in [0.05, 0.1) is 6.61 Å². The number of hydrogen-bond donors (Lipinski definition) is 1. The lowest BCUT2D eigenvalue weighted by Crippen LogP contribution is -2.27. The molecule has 5 nitrogen and oxygen atoms in total.